The van der Waals surface area contributed by atoms with Crippen LogP contribution in [0.2, 0.25) is 0 Å². The van der Waals surface area contributed by atoms with Gasteiger partial charge in [0.15, 0.2) is 0 Å². The van der Waals surface area contributed by atoms with E-state index in [9.17, 15) is 10.2 Å². The third kappa shape index (κ3) is 11.8. The van der Waals surface area contributed by atoms with Gasteiger partial charge in [-0.05, 0) is 111 Å². The van der Waals surface area contributed by atoms with Crippen LogP contribution in [0.15, 0.2) is 271 Å². The number of hydrogen-bond donors (Lipinski definition) is 2. The Morgan fingerprint density at radius 3 is 1.07 bits per heavy atom. The SMILES string of the molecule is CC1C(OC(O)=C2C=CC=C2)=CC=C(N=Nc2ccccc2)C1=Nc1ccccc1.CC1C(OC(O)=C2C=CC=C2)=CC=C(N=Nc2ccccc2)C1=Nc1ccccc1.[Fe]. The molecule has 304 valence electrons. The van der Waals surface area contributed by atoms with Gasteiger partial charge in [0.05, 0.1) is 57.2 Å². The third-order valence-electron chi connectivity index (χ3n) is 9.33. The van der Waals surface area contributed by atoms with E-state index in [-0.39, 0.29) is 40.8 Å². The first-order valence-corrected chi connectivity index (χ1v) is 19.4. The molecule has 4 aliphatic carbocycles. The molecular formula is C50H42FeN6O4. The van der Waals surface area contributed by atoms with Crippen LogP contribution in [0.25, 0.3) is 0 Å². The number of nitrogens with zero attached hydrogens (tertiary/aromatic N) is 6. The average molecular weight is 847 g/mol. The van der Waals surface area contributed by atoms with E-state index in [1.54, 1.807) is 36.5 Å². The fourth-order valence-corrected chi connectivity index (χ4v) is 6.09. The Hall–Kier alpha value is -7.46. The smallest absolute Gasteiger partial charge is 0.289 e. The van der Waals surface area contributed by atoms with Gasteiger partial charge in [-0.3, -0.25) is 9.98 Å². The Balaban J connectivity index is 0.000000201. The molecule has 8 rings (SSSR count). The topological polar surface area (TPSA) is 133 Å². The van der Waals surface area contributed by atoms with Crippen LogP contribution in [0.4, 0.5) is 22.7 Å². The summed E-state index contributed by atoms with van der Waals surface area (Å²) in [7, 11) is 0. The van der Waals surface area contributed by atoms with E-state index >= 15 is 0 Å². The number of allylic oxidation sites excluding steroid dienone is 18. The number of aliphatic hydroxyl groups is 2. The van der Waals surface area contributed by atoms with Crippen LogP contribution in [-0.4, -0.2) is 21.6 Å². The molecule has 0 spiro atoms. The molecule has 4 aliphatic rings. The van der Waals surface area contributed by atoms with E-state index in [1.165, 1.54) is 0 Å². The summed E-state index contributed by atoms with van der Waals surface area (Å²) in [6, 6.07) is 38.4. The van der Waals surface area contributed by atoms with Gasteiger partial charge in [-0.25, -0.2) is 0 Å². The summed E-state index contributed by atoms with van der Waals surface area (Å²) in [6.07, 6.45) is 21.8. The molecule has 0 fully saturated rings. The summed E-state index contributed by atoms with van der Waals surface area (Å²) < 4.78 is 11.5. The van der Waals surface area contributed by atoms with Crippen molar-refractivity contribution in [2.45, 2.75) is 13.8 Å². The van der Waals surface area contributed by atoms with Crippen molar-refractivity contribution in [1.82, 2.24) is 0 Å². The monoisotopic (exact) mass is 846 g/mol. The quantitative estimate of drug-likeness (QED) is 0.0934. The largest absolute Gasteiger partial charge is 0.480 e. The molecule has 4 aromatic rings. The van der Waals surface area contributed by atoms with Crippen molar-refractivity contribution in [2.75, 3.05) is 0 Å². The van der Waals surface area contributed by atoms with Gasteiger partial charge >= 0.3 is 0 Å². The molecule has 0 bridgehead atoms. The minimum Gasteiger partial charge on any atom is -0.480 e. The molecular weight excluding hydrogens is 804 g/mol. The predicted octanol–water partition coefficient (Wildman–Crippen LogP) is 13.7. The number of aliphatic imine (C=N–C) groups is 2. The summed E-state index contributed by atoms with van der Waals surface area (Å²) >= 11 is 0. The van der Waals surface area contributed by atoms with Gasteiger partial charge in [-0.1, -0.05) is 97.1 Å². The zero-order valence-corrected chi connectivity index (χ0v) is 34.5. The summed E-state index contributed by atoms with van der Waals surface area (Å²) in [6.45, 7) is 3.94. The Morgan fingerprint density at radius 2 is 0.738 bits per heavy atom. The number of ether oxygens (including phenoxy) is 2. The van der Waals surface area contributed by atoms with E-state index in [2.05, 4.69) is 20.5 Å². The Bertz CT molecular complexity index is 2410. The molecule has 10 nitrogen and oxygen atoms in total. The fourth-order valence-electron chi connectivity index (χ4n) is 6.09. The van der Waals surface area contributed by atoms with E-state index < -0.39 is 0 Å². The third-order valence-corrected chi connectivity index (χ3v) is 9.33. The van der Waals surface area contributed by atoms with Gasteiger partial charge in [-0.15, -0.1) is 10.2 Å². The Labute approximate surface area is 365 Å². The molecule has 2 N–H and O–H groups in total. The second-order valence-corrected chi connectivity index (χ2v) is 13.6. The maximum absolute atomic E-state index is 10.3. The fraction of sp³-hybridized carbons (Fsp3) is 0.0800. The molecule has 0 saturated heterocycles. The second kappa shape index (κ2) is 21.5. The van der Waals surface area contributed by atoms with Crippen molar-refractivity contribution in [3.63, 3.8) is 0 Å². The van der Waals surface area contributed by atoms with E-state index in [1.807, 2.05) is 172 Å². The number of aliphatic hydroxyl groups excluding tert-OH is 2. The summed E-state index contributed by atoms with van der Waals surface area (Å²) in [4.78, 5) is 9.59. The minimum atomic E-state index is -0.225. The first kappa shape index (κ1) is 43.1. The van der Waals surface area contributed by atoms with Crippen molar-refractivity contribution in [3.05, 3.63) is 240 Å². The van der Waals surface area contributed by atoms with Crippen LogP contribution in [0.5, 0.6) is 0 Å². The predicted molar refractivity (Wildman–Crippen MR) is 238 cm³/mol. The molecule has 11 heteroatoms. The van der Waals surface area contributed by atoms with Gasteiger partial charge < -0.3 is 19.7 Å². The molecule has 0 amide bonds. The van der Waals surface area contributed by atoms with Crippen LogP contribution in [0.3, 0.4) is 0 Å². The van der Waals surface area contributed by atoms with Gasteiger partial charge in [-0.2, -0.15) is 10.2 Å². The zero-order valence-electron chi connectivity index (χ0n) is 33.4. The normalized spacial score (nSPS) is 19.0. The number of para-hydroxylation sites is 2. The van der Waals surface area contributed by atoms with Gasteiger partial charge in [0, 0.05) is 17.1 Å². The number of benzene rings is 4. The molecule has 61 heavy (non-hydrogen) atoms. The Kier molecular flexibility index (Phi) is 15.2. The van der Waals surface area contributed by atoms with Crippen LogP contribution >= 0.6 is 0 Å². The Morgan fingerprint density at radius 1 is 0.426 bits per heavy atom. The van der Waals surface area contributed by atoms with E-state index in [4.69, 9.17) is 19.5 Å². The molecule has 2 atom stereocenters. The first-order valence-electron chi connectivity index (χ1n) is 19.4. The molecule has 4 aromatic carbocycles. The summed E-state index contributed by atoms with van der Waals surface area (Å²) in [5, 5.41) is 38.2. The van der Waals surface area contributed by atoms with Crippen molar-refractivity contribution < 1.29 is 36.8 Å². The van der Waals surface area contributed by atoms with Crippen molar-refractivity contribution in [3.8, 4) is 0 Å². The van der Waals surface area contributed by atoms with E-state index in [0.29, 0.717) is 45.5 Å². The molecule has 0 radical (unpaired) electrons. The molecule has 0 heterocycles. The van der Waals surface area contributed by atoms with Crippen LogP contribution in [0, 0.1) is 11.8 Å². The van der Waals surface area contributed by atoms with Gasteiger partial charge in [0.25, 0.3) is 11.9 Å². The van der Waals surface area contributed by atoms with E-state index in [0.717, 1.165) is 22.7 Å². The minimum absolute atomic E-state index is 0. The van der Waals surface area contributed by atoms with Gasteiger partial charge in [0.2, 0.25) is 0 Å². The van der Waals surface area contributed by atoms with Crippen LogP contribution < -0.4 is 0 Å². The van der Waals surface area contributed by atoms with Crippen molar-refractivity contribution in [1.29, 1.82) is 0 Å². The standard InChI is InChI=1S/2C25H21N3O2.Fe/c2*1-18-23(30-25(29)19-10-8-9-11-19)17-16-22(28-27-21-14-6-3-7-15-21)24(18)26-20-12-4-2-5-13-20;/h2*2-18,29H,1H3;. The maximum Gasteiger partial charge on any atom is 0.289 e. The molecule has 2 unspecified atom stereocenters. The number of azo groups is 2. The average Bonchev–Trinajstić information content (AvgIpc) is 4.04. The zero-order chi connectivity index (χ0) is 41.5. The maximum atomic E-state index is 10.3. The van der Waals surface area contributed by atoms with Crippen molar-refractivity contribution >= 4 is 34.2 Å². The first-order chi connectivity index (χ1) is 29.4. The van der Waals surface area contributed by atoms with Crippen molar-refractivity contribution in [2.24, 2.45) is 42.3 Å². The molecule has 0 saturated carbocycles. The number of hydrogen-bond acceptors (Lipinski definition) is 10. The van der Waals surface area contributed by atoms with Gasteiger partial charge in [0.1, 0.15) is 22.9 Å². The van der Waals surface area contributed by atoms with Crippen LogP contribution in [-0.2, 0) is 26.5 Å². The second-order valence-electron chi connectivity index (χ2n) is 13.6. The summed E-state index contributed by atoms with van der Waals surface area (Å²) in [5.74, 6) is 0.443. The molecule has 0 aliphatic heterocycles. The number of rotatable bonds is 10. The van der Waals surface area contributed by atoms with Crippen LogP contribution in [0.1, 0.15) is 13.8 Å². The molecule has 0 aromatic heterocycles. The summed E-state index contributed by atoms with van der Waals surface area (Å²) in [5.41, 5.74) is 7.13.